The molecule has 0 aliphatic carbocycles. The van der Waals surface area contributed by atoms with Crippen LogP contribution in [0.25, 0.3) is 0 Å². The predicted molar refractivity (Wildman–Crippen MR) is 58.4 cm³/mol. The Kier molecular flexibility index (Phi) is 4.57. The standard InChI is InChI=1S/C11H13F2NO4/c1-2-18-11(17)10(16)9(15)5-3-7(13)8(14)4-6(5)12/h3-4,9-10,15-16H,2,14H2,1H3. The first-order chi connectivity index (χ1) is 8.38. The molecule has 0 spiro atoms. The van der Waals surface area contributed by atoms with Crippen LogP contribution in [-0.4, -0.2) is 28.9 Å². The zero-order valence-corrected chi connectivity index (χ0v) is 9.56. The Labute approximate surface area is 102 Å². The van der Waals surface area contributed by atoms with E-state index in [1.165, 1.54) is 6.92 Å². The summed E-state index contributed by atoms with van der Waals surface area (Å²) in [6.07, 6.45) is -3.93. The molecule has 1 aromatic carbocycles. The van der Waals surface area contributed by atoms with Crippen molar-refractivity contribution in [2.75, 3.05) is 12.3 Å². The summed E-state index contributed by atoms with van der Waals surface area (Å²) in [5.41, 5.74) is 4.12. The van der Waals surface area contributed by atoms with Gasteiger partial charge in [-0.15, -0.1) is 0 Å². The highest BCUT2D eigenvalue weighted by Gasteiger charge is 2.29. The topological polar surface area (TPSA) is 92.8 Å². The van der Waals surface area contributed by atoms with E-state index in [-0.39, 0.29) is 6.61 Å². The molecular weight excluding hydrogens is 248 g/mol. The fourth-order valence-electron chi connectivity index (χ4n) is 1.33. The lowest BCUT2D eigenvalue weighted by molar-refractivity contribution is -0.159. The Hall–Kier alpha value is -1.73. The van der Waals surface area contributed by atoms with Gasteiger partial charge in [0.05, 0.1) is 12.3 Å². The number of rotatable bonds is 4. The number of aliphatic hydroxyl groups excluding tert-OH is 2. The monoisotopic (exact) mass is 261 g/mol. The van der Waals surface area contributed by atoms with Crippen LogP contribution in [0.5, 0.6) is 0 Å². The number of ether oxygens (including phenoxy) is 1. The van der Waals surface area contributed by atoms with E-state index >= 15 is 0 Å². The molecule has 5 nitrogen and oxygen atoms in total. The Morgan fingerprint density at radius 3 is 2.56 bits per heavy atom. The number of benzene rings is 1. The van der Waals surface area contributed by atoms with Crippen LogP contribution in [0.2, 0.25) is 0 Å². The van der Waals surface area contributed by atoms with E-state index in [2.05, 4.69) is 4.74 Å². The number of carbonyl (C=O) groups is 1. The summed E-state index contributed by atoms with van der Waals surface area (Å²) in [7, 11) is 0. The van der Waals surface area contributed by atoms with Crippen LogP contribution in [0.3, 0.4) is 0 Å². The van der Waals surface area contributed by atoms with Gasteiger partial charge in [-0.25, -0.2) is 13.6 Å². The lowest BCUT2D eigenvalue weighted by Crippen LogP contribution is -2.30. The third-order valence-corrected chi connectivity index (χ3v) is 2.26. The first kappa shape index (κ1) is 14.3. The molecular formula is C11H13F2NO4. The van der Waals surface area contributed by atoms with Gasteiger partial charge in [0.1, 0.15) is 17.7 Å². The summed E-state index contributed by atoms with van der Waals surface area (Å²) >= 11 is 0. The molecule has 0 aliphatic rings. The Bertz CT molecular complexity index is 453. The highest BCUT2D eigenvalue weighted by atomic mass is 19.1. The van der Waals surface area contributed by atoms with Gasteiger partial charge in [0.2, 0.25) is 0 Å². The highest BCUT2D eigenvalue weighted by Crippen LogP contribution is 2.25. The first-order valence-corrected chi connectivity index (χ1v) is 5.15. The van der Waals surface area contributed by atoms with Gasteiger partial charge in [-0.05, 0) is 13.0 Å². The maximum atomic E-state index is 13.4. The average molecular weight is 261 g/mol. The maximum absolute atomic E-state index is 13.4. The number of aliphatic hydroxyl groups is 2. The molecule has 0 fully saturated rings. The van der Waals surface area contributed by atoms with Gasteiger partial charge < -0.3 is 20.7 Å². The van der Waals surface area contributed by atoms with Crippen molar-refractivity contribution in [3.05, 3.63) is 29.3 Å². The van der Waals surface area contributed by atoms with Gasteiger partial charge in [-0.2, -0.15) is 0 Å². The van der Waals surface area contributed by atoms with Crippen molar-refractivity contribution in [2.45, 2.75) is 19.1 Å². The molecule has 0 saturated heterocycles. The molecule has 4 N–H and O–H groups in total. The van der Waals surface area contributed by atoms with Crippen LogP contribution in [0.4, 0.5) is 14.5 Å². The summed E-state index contributed by atoms with van der Waals surface area (Å²) in [6.45, 7) is 1.49. The first-order valence-electron chi connectivity index (χ1n) is 5.15. The molecule has 0 bridgehead atoms. The smallest absolute Gasteiger partial charge is 0.338 e. The molecule has 0 heterocycles. The predicted octanol–water partition coefficient (Wildman–Crippen LogP) is 0.504. The molecule has 0 radical (unpaired) electrons. The largest absolute Gasteiger partial charge is 0.464 e. The number of esters is 1. The zero-order valence-electron chi connectivity index (χ0n) is 9.56. The normalized spacial score (nSPS) is 14.1. The molecule has 2 atom stereocenters. The van der Waals surface area contributed by atoms with E-state index in [9.17, 15) is 23.8 Å². The Morgan fingerprint density at radius 2 is 2.00 bits per heavy atom. The minimum Gasteiger partial charge on any atom is -0.464 e. The third kappa shape index (κ3) is 2.93. The minimum atomic E-state index is -2.00. The van der Waals surface area contributed by atoms with Gasteiger partial charge in [-0.1, -0.05) is 0 Å². The van der Waals surface area contributed by atoms with Crippen LogP contribution in [0, 0.1) is 11.6 Å². The van der Waals surface area contributed by atoms with Crippen LogP contribution in [0.1, 0.15) is 18.6 Å². The van der Waals surface area contributed by atoms with Crippen molar-refractivity contribution in [3.8, 4) is 0 Å². The van der Waals surface area contributed by atoms with E-state index in [4.69, 9.17) is 5.73 Å². The van der Waals surface area contributed by atoms with Crippen LogP contribution < -0.4 is 5.73 Å². The molecule has 2 unspecified atom stereocenters. The second kappa shape index (κ2) is 5.74. The maximum Gasteiger partial charge on any atom is 0.338 e. The fraction of sp³-hybridized carbons (Fsp3) is 0.364. The molecule has 18 heavy (non-hydrogen) atoms. The van der Waals surface area contributed by atoms with Crippen molar-refractivity contribution < 1.29 is 28.5 Å². The molecule has 7 heteroatoms. The second-order valence-electron chi connectivity index (χ2n) is 3.54. The number of carbonyl (C=O) groups excluding carboxylic acids is 1. The van der Waals surface area contributed by atoms with E-state index in [1.807, 2.05) is 0 Å². The highest BCUT2D eigenvalue weighted by molar-refractivity contribution is 5.75. The lowest BCUT2D eigenvalue weighted by atomic mass is 10.0. The van der Waals surface area contributed by atoms with Crippen LogP contribution >= 0.6 is 0 Å². The van der Waals surface area contributed by atoms with Crippen molar-refractivity contribution in [1.82, 2.24) is 0 Å². The minimum absolute atomic E-state index is 0.0127. The molecule has 0 aliphatic heterocycles. The van der Waals surface area contributed by atoms with Crippen molar-refractivity contribution in [2.24, 2.45) is 0 Å². The lowest BCUT2D eigenvalue weighted by Gasteiger charge is -2.17. The Morgan fingerprint density at radius 1 is 1.39 bits per heavy atom. The Balaban J connectivity index is 3.00. The summed E-state index contributed by atoms with van der Waals surface area (Å²) < 4.78 is 31.0. The number of nitrogen functional groups attached to an aromatic ring is 1. The summed E-state index contributed by atoms with van der Waals surface area (Å²) in [6, 6.07) is 1.28. The van der Waals surface area contributed by atoms with Crippen LogP contribution in [0.15, 0.2) is 12.1 Å². The van der Waals surface area contributed by atoms with Crippen molar-refractivity contribution in [3.63, 3.8) is 0 Å². The molecule has 0 aromatic heterocycles. The van der Waals surface area contributed by atoms with E-state index < -0.39 is 41.1 Å². The van der Waals surface area contributed by atoms with E-state index in [1.54, 1.807) is 0 Å². The molecule has 0 amide bonds. The van der Waals surface area contributed by atoms with Crippen LogP contribution in [-0.2, 0) is 9.53 Å². The molecule has 1 rings (SSSR count). The number of nitrogens with two attached hydrogens (primary N) is 1. The summed E-state index contributed by atoms with van der Waals surface area (Å²) in [5.74, 6) is -3.10. The van der Waals surface area contributed by atoms with Gasteiger partial charge in [0, 0.05) is 11.6 Å². The van der Waals surface area contributed by atoms with Gasteiger partial charge in [-0.3, -0.25) is 0 Å². The summed E-state index contributed by atoms with van der Waals surface area (Å²) in [4.78, 5) is 11.1. The SMILES string of the molecule is CCOC(=O)C(O)C(O)c1cc(F)c(N)cc1F. The second-order valence-corrected chi connectivity index (χ2v) is 3.54. The van der Waals surface area contributed by atoms with E-state index in [0.29, 0.717) is 12.1 Å². The van der Waals surface area contributed by atoms with E-state index in [0.717, 1.165) is 0 Å². The fourth-order valence-corrected chi connectivity index (χ4v) is 1.33. The molecule has 0 saturated carbocycles. The average Bonchev–Trinajstić information content (AvgIpc) is 2.32. The summed E-state index contributed by atoms with van der Waals surface area (Å²) in [5, 5.41) is 19.0. The van der Waals surface area contributed by atoms with Gasteiger partial charge >= 0.3 is 5.97 Å². The quantitative estimate of drug-likeness (QED) is 0.542. The molecule has 1 aromatic rings. The number of hydrogen-bond donors (Lipinski definition) is 3. The van der Waals surface area contributed by atoms with Gasteiger partial charge in [0.25, 0.3) is 0 Å². The number of halogens is 2. The van der Waals surface area contributed by atoms with Crippen molar-refractivity contribution >= 4 is 11.7 Å². The zero-order chi connectivity index (χ0) is 13.9. The van der Waals surface area contributed by atoms with Crippen molar-refractivity contribution in [1.29, 1.82) is 0 Å². The third-order valence-electron chi connectivity index (χ3n) is 2.26. The number of hydrogen-bond acceptors (Lipinski definition) is 5. The number of anilines is 1. The van der Waals surface area contributed by atoms with Gasteiger partial charge in [0.15, 0.2) is 6.10 Å². The molecule has 100 valence electrons.